The Morgan fingerprint density at radius 3 is 2.42 bits per heavy atom. The van der Waals surface area contributed by atoms with Gasteiger partial charge in [-0.2, -0.15) is 0 Å². The predicted molar refractivity (Wildman–Crippen MR) is 254 cm³/mol. The van der Waals surface area contributed by atoms with E-state index in [0.717, 1.165) is 76.6 Å². The SMILES string of the molecule is Cn1c(=O)n(C2CCC(=O)NC2=O)c2cccc(C#CC3CCN(C[C@H]4CC[C@H](NC(=O)[C@@H]5NC6(CCC(C)(C)CC6)[C@@]6(C(=O)Nc7cc(Cl)ccc76)[C@H]5c5ccnc(Cl)c5F)CC4)CC3)c21. The molecule has 2 saturated carbocycles. The first-order chi connectivity index (χ1) is 32.1. The van der Waals surface area contributed by atoms with Crippen LogP contribution in [0.15, 0.2) is 53.5 Å². The van der Waals surface area contributed by atoms with Gasteiger partial charge in [0.25, 0.3) is 0 Å². The molecule has 0 bridgehead atoms. The van der Waals surface area contributed by atoms with Crippen LogP contribution in [0, 0.1) is 34.9 Å². The second-order valence-corrected chi connectivity index (χ2v) is 21.5. The Morgan fingerprint density at radius 1 is 0.940 bits per heavy atom. The molecule has 2 aliphatic carbocycles. The number of anilines is 1. The van der Waals surface area contributed by atoms with Gasteiger partial charge in [-0.05, 0) is 137 Å². The number of aromatic nitrogens is 3. The highest BCUT2D eigenvalue weighted by molar-refractivity contribution is 6.31. The number of carbonyl (C=O) groups excluding carboxylic acids is 4. The molecule has 0 radical (unpaired) electrons. The molecular formula is C51H57Cl2FN8O5. The second kappa shape index (κ2) is 17.5. The van der Waals surface area contributed by atoms with Crippen LogP contribution in [0.1, 0.15) is 120 Å². The molecule has 13 nitrogen and oxygen atoms in total. The molecule has 5 fully saturated rings. The van der Waals surface area contributed by atoms with E-state index < -0.39 is 40.7 Å². The second-order valence-electron chi connectivity index (χ2n) is 20.7. The summed E-state index contributed by atoms with van der Waals surface area (Å²) in [6, 6.07) is 10.8. The number of fused-ring (bicyclic) bond motifs is 4. The van der Waals surface area contributed by atoms with Crippen LogP contribution in [0.4, 0.5) is 10.1 Å². The summed E-state index contributed by atoms with van der Waals surface area (Å²) in [7, 11) is 1.69. The van der Waals surface area contributed by atoms with Gasteiger partial charge < -0.3 is 15.5 Å². The van der Waals surface area contributed by atoms with Gasteiger partial charge in [-0.3, -0.25) is 38.9 Å². The third kappa shape index (κ3) is 7.87. The fourth-order valence-corrected chi connectivity index (χ4v) is 13.0. The van der Waals surface area contributed by atoms with Crippen molar-refractivity contribution < 1.29 is 23.6 Å². The van der Waals surface area contributed by atoms with Gasteiger partial charge in [0.1, 0.15) is 11.5 Å². The highest BCUT2D eigenvalue weighted by Crippen LogP contribution is 2.64. The van der Waals surface area contributed by atoms with E-state index in [0.29, 0.717) is 46.1 Å². The molecule has 4 aliphatic heterocycles. The average molecular weight is 952 g/mol. The summed E-state index contributed by atoms with van der Waals surface area (Å²) in [5.74, 6) is 4.60. The minimum Gasteiger partial charge on any atom is -0.352 e. The van der Waals surface area contributed by atoms with Crippen molar-refractivity contribution in [3.63, 3.8) is 0 Å². The van der Waals surface area contributed by atoms with Crippen LogP contribution < -0.4 is 27.0 Å². The molecule has 4 N–H and O–H groups in total. The number of benzene rings is 2. The molecule has 352 valence electrons. The van der Waals surface area contributed by atoms with E-state index >= 15 is 4.39 Å². The molecule has 6 aliphatic rings. The average Bonchev–Trinajstić information content (AvgIpc) is 3.87. The first-order valence-electron chi connectivity index (χ1n) is 23.9. The summed E-state index contributed by atoms with van der Waals surface area (Å²) in [6.07, 6.45) is 10.2. The molecule has 4 atom stereocenters. The maximum atomic E-state index is 16.4. The van der Waals surface area contributed by atoms with Crippen LogP contribution in [0.5, 0.6) is 0 Å². The van der Waals surface area contributed by atoms with Gasteiger partial charge in [0.2, 0.25) is 23.6 Å². The zero-order valence-corrected chi connectivity index (χ0v) is 39.7. The zero-order chi connectivity index (χ0) is 47.0. The molecule has 4 aromatic rings. The molecule has 10 rings (SSSR count). The molecule has 2 spiro atoms. The van der Waals surface area contributed by atoms with Gasteiger partial charge in [-0.25, -0.2) is 14.2 Å². The number of halogens is 3. The molecule has 2 aromatic heterocycles. The monoisotopic (exact) mass is 950 g/mol. The van der Waals surface area contributed by atoms with Crippen LogP contribution >= 0.6 is 23.2 Å². The van der Waals surface area contributed by atoms with Crippen molar-refractivity contribution >= 4 is 63.6 Å². The quantitative estimate of drug-likeness (QED) is 0.0926. The zero-order valence-electron chi connectivity index (χ0n) is 38.2. The topological polar surface area (TPSA) is 159 Å². The lowest BCUT2D eigenvalue weighted by Gasteiger charge is -2.50. The number of nitrogens with one attached hydrogen (secondary N) is 4. The minimum absolute atomic E-state index is 0.0340. The molecule has 1 unspecified atom stereocenters. The summed E-state index contributed by atoms with van der Waals surface area (Å²) in [5, 5.41) is 12.8. The Balaban J connectivity index is 0.801. The van der Waals surface area contributed by atoms with E-state index in [1.165, 1.54) is 10.8 Å². The van der Waals surface area contributed by atoms with Crippen molar-refractivity contribution in [1.82, 2.24) is 35.0 Å². The van der Waals surface area contributed by atoms with Gasteiger partial charge >= 0.3 is 5.69 Å². The van der Waals surface area contributed by atoms with Crippen molar-refractivity contribution in [3.8, 4) is 11.8 Å². The van der Waals surface area contributed by atoms with Gasteiger partial charge in [0.15, 0.2) is 11.0 Å². The lowest BCUT2D eigenvalue weighted by molar-refractivity contribution is -0.136. The molecular weight excluding hydrogens is 895 g/mol. The third-order valence-corrected chi connectivity index (χ3v) is 16.8. The van der Waals surface area contributed by atoms with Crippen molar-refractivity contribution in [2.45, 2.75) is 126 Å². The van der Waals surface area contributed by atoms with Gasteiger partial charge in [0, 0.05) is 60.3 Å². The number of pyridine rings is 1. The first kappa shape index (κ1) is 45.7. The first-order valence-corrected chi connectivity index (χ1v) is 24.6. The summed E-state index contributed by atoms with van der Waals surface area (Å²) in [5.41, 5.74) is 1.07. The Labute approximate surface area is 399 Å². The van der Waals surface area contributed by atoms with E-state index in [4.69, 9.17) is 23.2 Å². The van der Waals surface area contributed by atoms with E-state index in [9.17, 15) is 24.0 Å². The number of rotatable bonds is 6. The lowest BCUT2D eigenvalue weighted by Crippen LogP contribution is -2.61. The number of imidazole rings is 1. The van der Waals surface area contributed by atoms with E-state index in [2.05, 4.69) is 56.8 Å². The van der Waals surface area contributed by atoms with Crippen LogP contribution in [0.25, 0.3) is 11.0 Å². The Kier molecular flexibility index (Phi) is 11.9. The van der Waals surface area contributed by atoms with Crippen molar-refractivity contribution in [2.75, 3.05) is 25.0 Å². The molecule has 67 heavy (non-hydrogen) atoms. The van der Waals surface area contributed by atoms with E-state index in [1.807, 2.05) is 24.3 Å². The standard InChI is InChI=1S/C51H57Cl2FN8O5/c1-49(2)20-22-50(23-21-49)51(35-14-11-32(52)27-36(35)57-47(51)66)40(34-17-24-55-44(53)41(34)54)42(59-50)46(65)56-33-12-8-30(9-13-33)28-61-25-18-29(19-26-61)7-10-31-5-4-6-37-43(31)60(3)48(67)62(37)38-15-16-39(63)58-45(38)64/h4-6,11,14,17,24,27,29-30,33,38,40,42,59H,8-9,12-13,15-16,18-23,25-26,28H2,1-3H3,(H,56,65)(H,57,66)(H,58,63,64)/t30-,33-,38?,40-,42+,51+/m0/s1. The highest BCUT2D eigenvalue weighted by atomic mass is 35.5. The van der Waals surface area contributed by atoms with Gasteiger partial charge in [-0.15, -0.1) is 0 Å². The lowest BCUT2D eigenvalue weighted by atomic mass is 9.53. The number of nitrogens with zero attached hydrogens (tertiary/aromatic N) is 4. The van der Waals surface area contributed by atoms with Crippen LogP contribution in [0.3, 0.4) is 0 Å². The molecule has 2 aromatic carbocycles. The van der Waals surface area contributed by atoms with E-state index in [-0.39, 0.29) is 64.3 Å². The number of para-hydroxylation sites is 1. The maximum Gasteiger partial charge on any atom is 0.329 e. The summed E-state index contributed by atoms with van der Waals surface area (Å²) in [6.45, 7) is 7.29. The number of likely N-dealkylation sites (tertiary alicyclic amines) is 1. The number of imide groups is 1. The van der Waals surface area contributed by atoms with Gasteiger partial charge in [0.05, 0.1) is 22.6 Å². The number of carbonyl (C=O) groups is 4. The largest absolute Gasteiger partial charge is 0.352 e. The van der Waals surface area contributed by atoms with Crippen LogP contribution in [-0.2, 0) is 31.6 Å². The Morgan fingerprint density at radius 2 is 1.69 bits per heavy atom. The number of amides is 4. The van der Waals surface area contributed by atoms with Crippen molar-refractivity contribution in [1.29, 1.82) is 0 Å². The predicted octanol–water partition coefficient (Wildman–Crippen LogP) is 6.88. The number of aryl methyl sites for hydroxylation is 1. The number of hydrogen-bond donors (Lipinski definition) is 4. The molecule has 16 heteroatoms. The van der Waals surface area contributed by atoms with Crippen molar-refractivity contribution in [2.24, 2.45) is 24.3 Å². The summed E-state index contributed by atoms with van der Waals surface area (Å²) >= 11 is 12.8. The highest BCUT2D eigenvalue weighted by Gasteiger charge is 2.73. The fraction of sp³-hybridized carbons (Fsp3) is 0.529. The third-order valence-electron chi connectivity index (χ3n) is 16.3. The van der Waals surface area contributed by atoms with E-state index in [1.54, 1.807) is 29.8 Å². The number of hydrogen-bond acceptors (Lipinski definition) is 8. The molecule has 6 heterocycles. The summed E-state index contributed by atoms with van der Waals surface area (Å²) in [4.78, 5) is 74.1. The fourth-order valence-electron chi connectivity index (χ4n) is 12.7. The number of piperidine rings is 2. The van der Waals surface area contributed by atoms with Crippen LogP contribution in [0.2, 0.25) is 10.2 Å². The maximum absolute atomic E-state index is 16.4. The normalized spacial score (nSPS) is 28.3. The van der Waals surface area contributed by atoms with Crippen molar-refractivity contribution in [3.05, 3.63) is 91.8 Å². The minimum atomic E-state index is -1.33. The molecule has 3 saturated heterocycles. The Bertz CT molecular complexity index is 2810. The smallest absolute Gasteiger partial charge is 0.329 e. The summed E-state index contributed by atoms with van der Waals surface area (Å²) < 4.78 is 19.4. The van der Waals surface area contributed by atoms with Crippen LogP contribution in [-0.4, -0.2) is 79.9 Å². The Hall–Kier alpha value is -5.07. The van der Waals surface area contributed by atoms with Gasteiger partial charge in [-0.1, -0.05) is 61.0 Å². The molecule has 4 amide bonds.